The Hall–Kier alpha value is -2.41. The number of carbonyl (C=O) groups excluding carboxylic acids is 1. The molecule has 3 N–H and O–H groups in total. The van der Waals surface area contributed by atoms with Crippen molar-refractivity contribution in [1.29, 1.82) is 0 Å². The highest BCUT2D eigenvalue weighted by atomic mass is 16.5. The predicted molar refractivity (Wildman–Crippen MR) is 132 cm³/mol. The van der Waals surface area contributed by atoms with Gasteiger partial charge in [-0.15, -0.1) is 0 Å². The Morgan fingerprint density at radius 1 is 1.09 bits per heavy atom. The topological polar surface area (TPSA) is 65.6 Å². The summed E-state index contributed by atoms with van der Waals surface area (Å²) >= 11 is 0. The number of ether oxygens (including phenoxy) is 1. The van der Waals surface area contributed by atoms with Crippen molar-refractivity contribution in [2.45, 2.75) is 63.2 Å². The molecule has 2 saturated heterocycles. The van der Waals surface area contributed by atoms with Gasteiger partial charge in [-0.25, -0.2) is 5.43 Å². The molecule has 34 heavy (non-hydrogen) atoms. The Morgan fingerprint density at radius 3 is 2.91 bits per heavy atom. The molecule has 0 aromatic heterocycles. The van der Waals surface area contributed by atoms with Crippen molar-refractivity contribution < 1.29 is 9.53 Å². The minimum Gasteiger partial charge on any atom is -0.493 e. The summed E-state index contributed by atoms with van der Waals surface area (Å²) in [7, 11) is 0. The SMILES string of the molecule is O=C(NC1CCCN(Cc2ccccc2)C1)C1CCC2NNC(c3ccc4c(c3)CCO4)C2C1. The van der Waals surface area contributed by atoms with Gasteiger partial charge in [-0.3, -0.25) is 15.1 Å². The molecule has 1 saturated carbocycles. The van der Waals surface area contributed by atoms with E-state index in [1.807, 2.05) is 0 Å². The lowest BCUT2D eigenvalue weighted by atomic mass is 9.74. The Kier molecular flexibility index (Phi) is 6.29. The molecule has 1 aliphatic carbocycles. The second kappa shape index (κ2) is 9.68. The molecule has 3 fully saturated rings. The molecule has 0 radical (unpaired) electrons. The van der Waals surface area contributed by atoms with E-state index in [1.54, 1.807) is 0 Å². The summed E-state index contributed by atoms with van der Waals surface area (Å²) < 4.78 is 5.69. The number of nitrogens with zero attached hydrogens (tertiary/aromatic N) is 1. The third kappa shape index (κ3) is 4.59. The highest BCUT2D eigenvalue weighted by molar-refractivity contribution is 5.79. The first-order valence-electron chi connectivity index (χ1n) is 13.1. The van der Waals surface area contributed by atoms with E-state index < -0.39 is 0 Å². The van der Waals surface area contributed by atoms with Crippen LogP contribution < -0.4 is 20.9 Å². The monoisotopic (exact) mass is 460 g/mol. The fourth-order valence-electron chi connectivity index (χ4n) is 6.50. The van der Waals surface area contributed by atoms with Crippen molar-refractivity contribution in [2.24, 2.45) is 11.8 Å². The van der Waals surface area contributed by atoms with Crippen LogP contribution in [-0.2, 0) is 17.8 Å². The van der Waals surface area contributed by atoms with Gasteiger partial charge >= 0.3 is 0 Å². The molecule has 6 nitrogen and oxygen atoms in total. The summed E-state index contributed by atoms with van der Waals surface area (Å²) in [4.78, 5) is 15.8. The van der Waals surface area contributed by atoms with Crippen LogP contribution in [0.3, 0.4) is 0 Å². The minimum atomic E-state index is 0.104. The summed E-state index contributed by atoms with van der Waals surface area (Å²) in [6.45, 7) is 3.81. The number of nitrogens with one attached hydrogen (secondary N) is 3. The smallest absolute Gasteiger partial charge is 0.223 e. The van der Waals surface area contributed by atoms with E-state index in [9.17, 15) is 4.79 Å². The van der Waals surface area contributed by atoms with E-state index in [4.69, 9.17) is 4.74 Å². The maximum atomic E-state index is 13.3. The highest BCUT2D eigenvalue weighted by Crippen LogP contribution is 2.41. The van der Waals surface area contributed by atoms with E-state index in [0.717, 1.165) is 70.5 Å². The molecule has 2 aromatic rings. The van der Waals surface area contributed by atoms with Gasteiger partial charge in [0.05, 0.1) is 12.6 Å². The van der Waals surface area contributed by atoms with Crippen LogP contribution in [0.2, 0.25) is 0 Å². The number of hydrazine groups is 1. The van der Waals surface area contributed by atoms with E-state index >= 15 is 0 Å². The first kappa shape index (κ1) is 22.1. The lowest BCUT2D eigenvalue weighted by molar-refractivity contribution is -0.127. The molecule has 6 rings (SSSR count). The second-order valence-electron chi connectivity index (χ2n) is 10.6. The summed E-state index contributed by atoms with van der Waals surface area (Å²) in [6, 6.07) is 18.2. The van der Waals surface area contributed by atoms with E-state index in [-0.39, 0.29) is 23.9 Å². The number of likely N-dealkylation sites (tertiary alicyclic amines) is 1. The van der Waals surface area contributed by atoms with Gasteiger partial charge in [0.1, 0.15) is 5.75 Å². The number of piperidine rings is 1. The molecular weight excluding hydrogens is 424 g/mol. The van der Waals surface area contributed by atoms with Crippen LogP contribution in [0.25, 0.3) is 0 Å². The third-order valence-corrected chi connectivity index (χ3v) is 8.30. The van der Waals surface area contributed by atoms with Gasteiger partial charge in [0, 0.05) is 37.5 Å². The van der Waals surface area contributed by atoms with Crippen LogP contribution in [-0.4, -0.2) is 42.6 Å². The Labute approximate surface area is 202 Å². The van der Waals surface area contributed by atoms with Crippen molar-refractivity contribution in [3.63, 3.8) is 0 Å². The maximum Gasteiger partial charge on any atom is 0.223 e. The second-order valence-corrected chi connectivity index (χ2v) is 10.6. The lowest BCUT2D eigenvalue weighted by Gasteiger charge is -2.36. The fourth-order valence-corrected chi connectivity index (χ4v) is 6.50. The van der Waals surface area contributed by atoms with Crippen LogP contribution in [0.4, 0.5) is 0 Å². The van der Waals surface area contributed by atoms with Crippen LogP contribution in [0, 0.1) is 11.8 Å². The molecular formula is C28H36N4O2. The number of carbonyl (C=O) groups is 1. The third-order valence-electron chi connectivity index (χ3n) is 8.30. The maximum absolute atomic E-state index is 13.3. The first-order chi connectivity index (χ1) is 16.7. The Morgan fingerprint density at radius 2 is 2.00 bits per heavy atom. The summed E-state index contributed by atoms with van der Waals surface area (Å²) in [5, 5.41) is 3.43. The number of benzene rings is 2. The van der Waals surface area contributed by atoms with Crippen LogP contribution in [0.1, 0.15) is 54.8 Å². The molecule has 1 amide bonds. The van der Waals surface area contributed by atoms with Gasteiger partial charge in [0.15, 0.2) is 0 Å². The zero-order chi connectivity index (χ0) is 22.9. The highest BCUT2D eigenvalue weighted by Gasteiger charge is 2.43. The molecule has 5 atom stereocenters. The zero-order valence-corrected chi connectivity index (χ0v) is 19.8. The summed E-state index contributed by atoms with van der Waals surface area (Å²) in [5.41, 5.74) is 11.0. The number of amides is 1. The van der Waals surface area contributed by atoms with Gasteiger partial charge in [0.2, 0.25) is 5.91 Å². The van der Waals surface area contributed by atoms with Gasteiger partial charge in [-0.2, -0.15) is 0 Å². The van der Waals surface area contributed by atoms with Gasteiger partial charge < -0.3 is 10.1 Å². The normalized spacial score (nSPS) is 30.9. The van der Waals surface area contributed by atoms with Gasteiger partial charge in [0.25, 0.3) is 0 Å². The van der Waals surface area contributed by atoms with Crippen LogP contribution >= 0.6 is 0 Å². The zero-order valence-electron chi connectivity index (χ0n) is 19.8. The van der Waals surface area contributed by atoms with Crippen molar-refractivity contribution >= 4 is 5.91 Å². The molecule has 4 aliphatic rings. The quantitative estimate of drug-likeness (QED) is 0.639. The van der Waals surface area contributed by atoms with Crippen molar-refractivity contribution in [1.82, 2.24) is 21.1 Å². The standard InChI is InChI=1S/C28H36N4O2/c33-28(29-23-7-4-13-32(18-23)17-19-5-2-1-3-6-19)22-8-10-25-24(16-22)27(31-30-25)21-9-11-26-20(15-21)12-14-34-26/h1-3,5-6,9,11,15,22-25,27,30-31H,4,7-8,10,12-14,16-18H2,(H,29,33). The molecule has 0 bridgehead atoms. The van der Waals surface area contributed by atoms with Gasteiger partial charge in [-0.05, 0) is 67.3 Å². The number of hydrogen-bond donors (Lipinski definition) is 3. The summed E-state index contributed by atoms with van der Waals surface area (Å²) in [6.07, 6.45) is 6.17. The fraction of sp³-hybridized carbons (Fsp3) is 0.536. The van der Waals surface area contributed by atoms with Gasteiger partial charge in [-0.1, -0.05) is 42.5 Å². The van der Waals surface area contributed by atoms with E-state index in [1.165, 1.54) is 16.7 Å². The molecule has 3 heterocycles. The molecule has 5 unspecified atom stereocenters. The summed E-state index contributed by atoms with van der Waals surface area (Å²) in [5.74, 6) is 1.83. The Bertz CT molecular complexity index is 1010. The molecule has 0 spiro atoms. The van der Waals surface area contributed by atoms with Crippen molar-refractivity contribution in [3.05, 3.63) is 65.2 Å². The van der Waals surface area contributed by atoms with Crippen molar-refractivity contribution in [3.8, 4) is 5.75 Å². The largest absolute Gasteiger partial charge is 0.493 e. The Balaban J connectivity index is 1.07. The number of rotatable bonds is 5. The first-order valence-corrected chi connectivity index (χ1v) is 13.1. The van der Waals surface area contributed by atoms with Crippen LogP contribution in [0.15, 0.2) is 48.5 Å². The molecule has 3 aliphatic heterocycles. The average Bonchev–Trinajstić information content (AvgIpc) is 3.51. The molecule has 180 valence electrons. The van der Waals surface area contributed by atoms with E-state index in [0.29, 0.717) is 12.0 Å². The van der Waals surface area contributed by atoms with E-state index in [2.05, 4.69) is 69.6 Å². The lowest BCUT2D eigenvalue weighted by Crippen LogP contribution is -2.50. The average molecular weight is 461 g/mol. The number of fused-ring (bicyclic) bond motifs is 2. The molecule has 2 aromatic carbocycles. The number of hydrogen-bond acceptors (Lipinski definition) is 5. The minimum absolute atomic E-state index is 0.104. The predicted octanol–water partition coefficient (Wildman–Crippen LogP) is 3.34. The molecule has 6 heteroatoms. The van der Waals surface area contributed by atoms with Crippen LogP contribution in [0.5, 0.6) is 5.75 Å². The van der Waals surface area contributed by atoms with Crippen molar-refractivity contribution in [2.75, 3.05) is 19.7 Å².